The molecule has 98 valence electrons. The topological polar surface area (TPSA) is 70.4 Å². The molecular weight excluding hydrogens is 216 g/mol. The van der Waals surface area contributed by atoms with Crippen molar-refractivity contribution in [2.75, 3.05) is 26.2 Å². The normalized spacial score (nSPS) is 28.4. The van der Waals surface area contributed by atoms with Gasteiger partial charge in [-0.25, -0.2) is 0 Å². The second kappa shape index (κ2) is 5.33. The molecule has 2 rings (SSSR count). The number of nitrogens with zero attached hydrogens (tertiary/aromatic N) is 1. The Labute approximate surface area is 103 Å². The van der Waals surface area contributed by atoms with E-state index in [4.69, 9.17) is 5.73 Å². The van der Waals surface area contributed by atoms with Crippen molar-refractivity contribution in [3.63, 3.8) is 0 Å². The molecule has 0 spiro atoms. The molecule has 0 radical (unpaired) electrons. The fourth-order valence-electron chi connectivity index (χ4n) is 2.65. The van der Waals surface area contributed by atoms with Crippen LogP contribution in [0.25, 0.3) is 0 Å². The van der Waals surface area contributed by atoms with Gasteiger partial charge in [-0.05, 0) is 45.7 Å². The molecule has 0 bridgehead atoms. The molecule has 2 aliphatic heterocycles. The molecule has 0 aromatic carbocycles. The van der Waals surface area contributed by atoms with Crippen molar-refractivity contribution in [2.24, 2.45) is 5.73 Å². The van der Waals surface area contributed by atoms with Gasteiger partial charge in [-0.2, -0.15) is 0 Å². The molecule has 2 aliphatic rings. The predicted octanol–water partition coefficient (Wildman–Crippen LogP) is -0.375. The quantitative estimate of drug-likeness (QED) is 0.629. The maximum atomic E-state index is 12.0. The van der Waals surface area contributed by atoms with E-state index in [1.807, 2.05) is 0 Å². The molecule has 1 unspecified atom stereocenters. The standard InChI is InChI=1S/C12H24N4O/c1-12(4-6-14-7-5-12)15-9-11(17)16-8-2-3-10(16)13/h10,14-15H,2-9,13H2,1H3. The lowest BCUT2D eigenvalue weighted by molar-refractivity contribution is -0.131. The number of hydrogen-bond donors (Lipinski definition) is 3. The Balaban J connectivity index is 1.79. The molecule has 17 heavy (non-hydrogen) atoms. The lowest BCUT2D eigenvalue weighted by atomic mass is 9.90. The molecule has 2 heterocycles. The maximum Gasteiger partial charge on any atom is 0.237 e. The minimum Gasteiger partial charge on any atom is -0.326 e. The van der Waals surface area contributed by atoms with Crippen LogP contribution in [0, 0.1) is 0 Å². The highest BCUT2D eigenvalue weighted by Gasteiger charge is 2.29. The minimum absolute atomic E-state index is 0.0647. The third-order valence-corrected chi connectivity index (χ3v) is 3.99. The SMILES string of the molecule is CC1(NCC(=O)N2CCCC2N)CCNCC1. The third kappa shape index (κ3) is 3.18. The van der Waals surface area contributed by atoms with Crippen LogP contribution in [-0.4, -0.2) is 48.7 Å². The largest absolute Gasteiger partial charge is 0.326 e. The van der Waals surface area contributed by atoms with Gasteiger partial charge in [0.1, 0.15) is 0 Å². The van der Waals surface area contributed by atoms with Crippen molar-refractivity contribution in [1.82, 2.24) is 15.5 Å². The molecule has 0 aromatic heterocycles. The number of piperidine rings is 1. The van der Waals surface area contributed by atoms with Crippen molar-refractivity contribution >= 4 is 5.91 Å². The lowest BCUT2D eigenvalue weighted by Crippen LogP contribution is -2.54. The highest BCUT2D eigenvalue weighted by atomic mass is 16.2. The summed E-state index contributed by atoms with van der Waals surface area (Å²) < 4.78 is 0. The third-order valence-electron chi connectivity index (χ3n) is 3.99. The average Bonchev–Trinajstić information content (AvgIpc) is 2.74. The highest BCUT2D eigenvalue weighted by Crippen LogP contribution is 2.17. The second-order valence-electron chi connectivity index (χ2n) is 5.46. The Morgan fingerprint density at radius 2 is 2.24 bits per heavy atom. The summed E-state index contributed by atoms with van der Waals surface area (Å²) in [6, 6.07) is 0. The first-order valence-electron chi connectivity index (χ1n) is 6.62. The Hall–Kier alpha value is -0.650. The molecule has 4 N–H and O–H groups in total. The van der Waals surface area contributed by atoms with Crippen LogP contribution in [0.1, 0.15) is 32.6 Å². The predicted molar refractivity (Wildman–Crippen MR) is 67.4 cm³/mol. The summed E-state index contributed by atoms with van der Waals surface area (Å²) in [6.07, 6.45) is 4.06. The molecule has 2 saturated heterocycles. The van der Waals surface area contributed by atoms with Gasteiger partial charge in [-0.3, -0.25) is 4.79 Å². The van der Waals surface area contributed by atoms with Crippen LogP contribution < -0.4 is 16.4 Å². The van der Waals surface area contributed by atoms with Crippen molar-refractivity contribution in [3.05, 3.63) is 0 Å². The van der Waals surface area contributed by atoms with Gasteiger partial charge in [0.05, 0.1) is 12.7 Å². The van der Waals surface area contributed by atoms with Crippen LogP contribution >= 0.6 is 0 Å². The molecular formula is C12H24N4O. The Kier molecular flexibility index (Phi) is 4.01. The number of likely N-dealkylation sites (tertiary alicyclic amines) is 1. The summed E-state index contributed by atoms with van der Waals surface area (Å²) in [5.41, 5.74) is 5.99. The summed E-state index contributed by atoms with van der Waals surface area (Å²) in [6.45, 7) is 5.50. The first-order valence-corrected chi connectivity index (χ1v) is 6.62. The van der Waals surface area contributed by atoms with Crippen LogP contribution in [-0.2, 0) is 4.79 Å². The summed E-state index contributed by atoms with van der Waals surface area (Å²) in [4.78, 5) is 13.8. The van der Waals surface area contributed by atoms with Crippen molar-refractivity contribution < 1.29 is 4.79 Å². The summed E-state index contributed by atoms with van der Waals surface area (Å²) in [5.74, 6) is 0.148. The van der Waals surface area contributed by atoms with E-state index >= 15 is 0 Å². The van der Waals surface area contributed by atoms with Gasteiger partial charge in [-0.15, -0.1) is 0 Å². The maximum absolute atomic E-state index is 12.0. The van der Waals surface area contributed by atoms with E-state index in [0.717, 1.165) is 45.3 Å². The fraction of sp³-hybridized carbons (Fsp3) is 0.917. The van der Waals surface area contributed by atoms with Crippen molar-refractivity contribution in [1.29, 1.82) is 0 Å². The van der Waals surface area contributed by atoms with E-state index in [-0.39, 0.29) is 17.6 Å². The van der Waals surface area contributed by atoms with E-state index in [9.17, 15) is 4.79 Å². The summed E-state index contributed by atoms with van der Waals surface area (Å²) >= 11 is 0. The Bertz CT molecular complexity index is 276. The van der Waals surface area contributed by atoms with E-state index in [2.05, 4.69) is 17.6 Å². The van der Waals surface area contributed by atoms with Crippen LogP contribution in [0.15, 0.2) is 0 Å². The number of nitrogens with one attached hydrogen (secondary N) is 2. The number of carbonyl (C=O) groups is 1. The van der Waals surface area contributed by atoms with Crippen LogP contribution in [0.5, 0.6) is 0 Å². The van der Waals surface area contributed by atoms with Crippen molar-refractivity contribution in [3.8, 4) is 0 Å². The highest BCUT2D eigenvalue weighted by molar-refractivity contribution is 5.78. The first-order chi connectivity index (χ1) is 8.11. The van der Waals surface area contributed by atoms with Gasteiger partial charge in [0, 0.05) is 12.1 Å². The van der Waals surface area contributed by atoms with Crippen LogP contribution in [0.4, 0.5) is 0 Å². The Morgan fingerprint density at radius 3 is 2.82 bits per heavy atom. The minimum atomic E-state index is -0.0647. The molecule has 1 atom stereocenters. The van der Waals surface area contributed by atoms with Gasteiger partial charge < -0.3 is 21.3 Å². The van der Waals surface area contributed by atoms with Gasteiger partial charge in [-0.1, -0.05) is 0 Å². The zero-order chi connectivity index (χ0) is 12.3. The molecule has 5 heteroatoms. The number of nitrogens with two attached hydrogens (primary N) is 1. The van der Waals surface area contributed by atoms with Gasteiger partial charge >= 0.3 is 0 Å². The van der Waals surface area contributed by atoms with E-state index < -0.39 is 0 Å². The number of rotatable bonds is 3. The number of hydrogen-bond acceptors (Lipinski definition) is 4. The smallest absolute Gasteiger partial charge is 0.237 e. The Morgan fingerprint density at radius 1 is 1.53 bits per heavy atom. The van der Waals surface area contributed by atoms with Gasteiger partial charge in [0.25, 0.3) is 0 Å². The monoisotopic (exact) mass is 240 g/mol. The summed E-state index contributed by atoms with van der Waals surface area (Å²) in [7, 11) is 0. The number of amides is 1. The number of carbonyl (C=O) groups excluding carboxylic acids is 1. The second-order valence-corrected chi connectivity index (χ2v) is 5.46. The van der Waals surface area contributed by atoms with Gasteiger partial charge in [0.15, 0.2) is 0 Å². The molecule has 2 fully saturated rings. The molecule has 0 aromatic rings. The fourth-order valence-corrected chi connectivity index (χ4v) is 2.65. The first kappa shape index (κ1) is 12.8. The van der Waals surface area contributed by atoms with E-state index in [1.165, 1.54) is 0 Å². The van der Waals surface area contributed by atoms with Crippen molar-refractivity contribution in [2.45, 2.75) is 44.3 Å². The molecule has 5 nitrogen and oxygen atoms in total. The van der Waals surface area contributed by atoms with Crippen LogP contribution in [0.3, 0.4) is 0 Å². The van der Waals surface area contributed by atoms with Gasteiger partial charge in [0.2, 0.25) is 5.91 Å². The zero-order valence-corrected chi connectivity index (χ0v) is 10.7. The molecule has 1 amide bonds. The molecule has 0 aliphatic carbocycles. The average molecular weight is 240 g/mol. The van der Waals surface area contributed by atoms with Crippen LogP contribution in [0.2, 0.25) is 0 Å². The zero-order valence-electron chi connectivity index (χ0n) is 10.7. The summed E-state index contributed by atoms with van der Waals surface area (Å²) in [5, 5.41) is 6.74. The van der Waals surface area contributed by atoms with E-state index in [1.54, 1.807) is 4.90 Å². The molecule has 0 saturated carbocycles. The van der Waals surface area contributed by atoms with E-state index in [0.29, 0.717) is 6.54 Å². The lowest BCUT2D eigenvalue weighted by Gasteiger charge is -2.35.